The number of aromatic nitrogens is 3. The summed E-state index contributed by atoms with van der Waals surface area (Å²) in [5, 5.41) is 0. The Bertz CT molecular complexity index is 2260. The van der Waals surface area contributed by atoms with Gasteiger partial charge < -0.3 is 0 Å². The number of fused-ring (bicyclic) bond motifs is 7. The summed E-state index contributed by atoms with van der Waals surface area (Å²) >= 11 is 0. The molecule has 9 rings (SSSR count). The summed E-state index contributed by atoms with van der Waals surface area (Å²) < 4.78 is 0. The average Bonchev–Trinajstić information content (AvgIpc) is 3.37. The second-order valence-corrected chi connectivity index (χ2v) is 13.2. The zero-order valence-corrected chi connectivity index (χ0v) is 26.5. The van der Waals surface area contributed by atoms with E-state index in [0.717, 1.165) is 35.1 Å². The Balaban J connectivity index is 1.13. The van der Waals surface area contributed by atoms with Crippen LogP contribution in [-0.2, 0) is 18.3 Å². The van der Waals surface area contributed by atoms with Crippen molar-refractivity contribution in [1.82, 2.24) is 15.0 Å². The molecule has 0 fully saturated rings. The molecule has 7 aromatic rings. The highest BCUT2D eigenvalue weighted by Crippen LogP contribution is 2.53. The van der Waals surface area contributed by atoms with Crippen LogP contribution in [0.4, 0.5) is 0 Å². The van der Waals surface area contributed by atoms with Gasteiger partial charge in [0.25, 0.3) is 0 Å². The topological polar surface area (TPSA) is 38.7 Å². The van der Waals surface area contributed by atoms with Gasteiger partial charge in [-0.3, -0.25) is 0 Å². The van der Waals surface area contributed by atoms with E-state index in [2.05, 4.69) is 92.7 Å². The minimum Gasteiger partial charge on any atom is -0.208 e. The van der Waals surface area contributed by atoms with Crippen molar-refractivity contribution in [3.63, 3.8) is 0 Å². The Labute approximate surface area is 275 Å². The van der Waals surface area contributed by atoms with Gasteiger partial charge in [-0.15, -0.1) is 0 Å². The second kappa shape index (κ2) is 10.7. The molecule has 1 heterocycles. The van der Waals surface area contributed by atoms with Crippen molar-refractivity contribution >= 4 is 0 Å². The van der Waals surface area contributed by atoms with Crippen molar-refractivity contribution < 1.29 is 0 Å². The average molecular weight is 604 g/mol. The van der Waals surface area contributed by atoms with Gasteiger partial charge in [-0.05, 0) is 80.6 Å². The van der Waals surface area contributed by atoms with Gasteiger partial charge in [-0.2, -0.15) is 0 Å². The number of benzene rings is 6. The maximum Gasteiger partial charge on any atom is 0.164 e. The molecule has 0 N–H and O–H groups in total. The first-order chi connectivity index (χ1) is 23.0. The predicted molar refractivity (Wildman–Crippen MR) is 192 cm³/mol. The Hall–Kier alpha value is -5.67. The van der Waals surface area contributed by atoms with Gasteiger partial charge in [0.05, 0.1) is 0 Å². The molecular weight excluding hydrogens is 571 g/mol. The minimum atomic E-state index is -0.0979. The third kappa shape index (κ3) is 4.53. The lowest BCUT2D eigenvalue weighted by Crippen LogP contribution is -2.19. The number of hydrogen-bond acceptors (Lipinski definition) is 3. The van der Waals surface area contributed by atoms with Gasteiger partial charge in [0, 0.05) is 22.1 Å². The lowest BCUT2D eigenvalue weighted by Gasteiger charge is -2.29. The minimum absolute atomic E-state index is 0.0979. The lowest BCUT2D eigenvalue weighted by atomic mass is 9.74. The van der Waals surface area contributed by atoms with Crippen LogP contribution in [0.5, 0.6) is 0 Å². The molecule has 3 nitrogen and oxygen atoms in total. The summed E-state index contributed by atoms with van der Waals surface area (Å²) in [4.78, 5) is 14.8. The van der Waals surface area contributed by atoms with Crippen LogP contribution in [0, 0.1) is 0 Å². The molecule has 0 bridgehead atoms. The quantitative estimate of drug-likeness (QED) is 0.201. The SMILES string of the molecule is CC1(C)c2cc(-c3cccc(-c4nc(-c5ccccc5)nc(-c5ccccc5)n4)c3)ccc2-c2ccc3c(c21)CCc1ccccc1-3. The molecule has 0 atom stereocenters. The van der Waals surface area contributed by atoms with Crippen LogP contribution >= 0.6 is 0 Å². The largest absolute Gasteiger partial charge is 0.208 e. The molecule has 1 aromatic heterocycles. The van der Waals surface area contributed by atoms with Gasteiger partial charge >= 0.3 is 0 Å². The molecule has 0 unspecified atom stereocenters. The van der Waals surface area contributed by atoms with Crippen LogP contribution in [0.2, 0.25) is 0 Å². The summed E-state index contributed by atoms with van der Waals surface area (Å²) in [5.74, 6) is 2.01. The van der Waals surface area contributed by atoms with E-state index in [1.807, 2.05) is 60.7 Å². The summed E-state index contributed by atoms with van der Waals surface area (Å²) in [7, 11) is 0. The summed E-state index contributed by atoms with van der Waals surface area (Å²) in [6.07, 6.45) is 2.18. The van der Waals surface area contributed by atoms with E-state index >= 15 is 0 Å². The first-order valence-electron chi connectivity index (χ1n) is 16.4. The molecule has 3 heteroatoms. The van der Waals surface area contributed by atoms with Crippen molar-refractivity contribution in [2.24, 2.45) is 0 Å². The summed E-state index contributed by atoms with van der Waals surface area (Å²) in [6.45, 7) is 4.80. The Morgan fingerprint density at radius 2 is 0.979 bits per heavy atom. The monoisotopic (exact) mass is 603 g/mol. The van der Waals surface area contributed by atoms with Crippen molar-refractivity contribution in [1.29, 1.82) is 0 Å². The first kappa shape index (κ1) is 27.6. The fraction of sp³-hybridized carbons (Fsp3) is 0.114. The molecule has 0 aliphatic heterocycles. The van der Waals surface area contributed by atoms with Crippen LogP contribution in [-0.4, -0.2) is 15.0 Å². The third-order valence-corrected chi connectivity index (χ3v) is 10.0. The van der Waals surface area contributed by atoms with Gasteiger partial charge in [0.15, 0.2) is 17.5 Å². The van der Waals surface area contributed by atoms with Crippen molar-refractivity contribution in [2.45, 2.75) is 32.1 Å². The normalized spacial score (nSPS) is 13.7. The highest BCUT2D eigenvalue weighted by Gasteiger charge is 2.39. The molecule has 47 heavy (non-hydrogen) atoms. The van der Waals surface area contributed by atoms with Crippen molar-refractivity contribution in [3.05, 3.63) is 162 Å². The Kier molecular flexibility index (Phi) is 6.29. The van der Waals surface area contributed by atoms with E-state index in [0.29, 0.717) is 17.5 Å². The molecule has 0 spiro atoms. The maximum atomic E-state index is 4.98. The van der Waals surface area contributed by atoms with Gasteiger partial charge in [0.1, 0.15) is 0 Å². The fourth-order valence-electron chi connectivity index (χ4n) is 7.74. The summed E-state index contributed by atoms with van der Waals surface area (Å²) in [6, 6.07) is 49.5. The van der Waals surface area contributed by atoms with Gasteiger partial charge in [-0.1, -0.05) is 141 Å². The Morgan fingerprint density at radius 3 is 1.70 bits per heavy atom. The zero-order valence-electron chi connectivity index (χ0n) is 26.5. The van der Waals surface area contributed by atoms with E-state index in [1.165, 1.54) is 50.1 Å². The van der Waals surface area contributed by atoms with Gasteiger partial charge in [-0.25, -0.2) is 15.0 Å². The van der Waals surface area contributed by atoms with E-state index < -0.39 is 0 Å². The number of nitrogens with zero attached hydrogens (tertiary/aromatic N) is 3. The van der Waals surface area contributed by atoms with E-state index in [4.69, 9.17) is 15.0 Å². The number of hydrogen-bond donors (Lipinski definition) is 0. The summed E-state index contributed by atoms with van der Waals surface area (Å²) in [5.41, 5.74) is 16.6. The smallest absolute Gasteiger partial charge is 0.164 e. The standard InChI is InChI=1S/C44H33N3/c1-44(2)39-27-32(21-22-36(39)38-25-24-35-34-19-10-9-12-28(34)20-23-37(35)40(38)44)31-17-11-18-33(26-31)43-46-41(29-13-5-3-6-14-29)45-42(47-43)30-15-7-4-8-16-30/h3-19,21-22,24-27H,20,23H2,1-2H3. The zero-order chi connectivity index (χ0) is 31.5. The highest BCUT2D eigenvalue weighted by molar-refractivity contribution is 5.89. The molecule has 0 saturated carbocycles. The Morgan fingerprint density at radius 1 is 0.426 bits per heavy atom. The molecule has 2 aliphatic rings. The lowest BCUT2D eigenvalue weighted by molar-refractivity contribution is 0.649. The van der Waals surface area contributed by atoms with Crippen LogP contribution < -0.4 is 0 Å². The van der Waals surface area contributed by atoms with Crippen LogP contribution in [0.15, 0.2) is 140 Å². The molecule has 0 saturated heterocycles. The van der Waals surface area contributed by atoms with E-state index in [9.17, 15) is 0 Å². The second-order valence-electron chi connectivity index (χ2n) is 13.2. The van der Waals surface area contributed by atoms with Crippen LogP contribution in [0.3, 0.4) is 0 Å². The molecule has 224 valence electrons. The molecule has 0 radical (unpaired) electrons. The molecule has 6 aromatic carbocycles. The first-order valence-corrected chi connectivity index (χ1v) is 16.4. The molecule has 2 aliphatic carbocycles. The van der Waals surface area contributed by atoms with E-state index in [-0.39, 0.29) is 5.41 Å². The highest BCUT2D eigenvalue weighted by atomic mass is 15.0. The predicted octanol–water partition coefficient (Wildman–Crippen LogP) is 10.6. The fourth-order valence-corrected chi connectivity index (χ4v) is 7.74. The number of aryl methyl sites for hydroxylation is 1. The molecular formula is C44H33N3. The van der Waals surface area contributed by atoms with Crippen LogP contribution in [0.1, 0.15) is 36.1 Å². The van der Waals surface area contributed by atoms with E-state index in [1.54, 1.807) is 0 Å². The third-order valence-electron chi connectivity index (χ3n) is 10.0. The number of rotatable bonds is 4. The van der Waals surface area contributed by atoms with Crippen molar-refractivity contribution in [3.8, 4) is 67.5 Å². The molecule has 0 amide bonds. The van der Waals surface area contributed by atoms with Gasteiger partial charge in [0.2, 0.25) is 0 Å². The maximum absolute atomic E-state index is 4.98. The van der Waals surface area contributed by atoms with Crippen LogP contribution in [0.25, 0.3) is 67.5 Å². The van der Waals surface area contributed by atoms with Crippen molar-refractivity contribution in [2.75, 3.05) is 0 Å².